The molecule has 2 nitrogen and oxygen atoms in total. The van der Waals surface area contributed by atoms with Gasteiger partial charge in [-0.2, -0.15) is 0 Å². The van der Waals surface area contributed by atoms with Crippen LogP contribution in [-0.2, 0) is 5.60 Å². The molecule has 1 fully saturated rings. The van der Waals surface area contributed by atoms with Crippen molar-refractivity contribution < 1.29 is 9.50 Å². The van der Waals surface area contributed by atoms with Gasteiger partial charge in [0.15, 0.2) is 0 Å². The van der Waals surface area contributed by atoms with Gasteiger partial charge in [0, 0.05) is 22.5 Å². The normalized spacial score (nSPS) is 28.4. The minimum atomic E-state index is -1.13. The van der Waals surface area contributed by atoms with E-state index in [1.54, 1.807) is 12.1 Å². The third-order valence-electron chi connectivity index (χ3n) is 3.74. The van der Waals surface area contributed by atoms with Gasteiger partial charge in [-0.05, 0) is 41.4 Å². The van der Waals surface area contributed by atoms with Gasteiger partial charge in [-0.25, -0.2) is 4.39 Å². The summed E-state index contributed by atoms with van der Waals surface area (Å²) in [5.74, 6) is -0.521. The van der Waals surface area contributed by atoms with Crippen molar-refractivity contribution in [3.8, 4) is 0 Å². The molecule has 1 aliphatic rings. The molecule has 0 aromatic heterocycles. The number of hydrogen-bond donors (Lipinski definition) is 2. The zero-order chi connectivity index (χ0) is 13.3. The maximum absolute atomic E-state index is 14.3. The lowest BCUT2D eigenvalue weighted by atomic mass is 9.75. The number of benzene rings is 1. The lowest BCUT2D eigenvalue weighted by molar-refractivity contribution is -0.0505. The van der Waals surface area contributed by atoms with Gasteiger partial charge in [-0.3, -0.25) is 0 Å². The Labute approximate surface area is 120 Å². The first kappa shape index (κ1) is 14.3. The predicted octanol–water partition coefficient (Wildman–Crippen LogP) is 3.45. The molecule has 0 aliphatic carbocycles. The average Bonchev–Trinajstić information content (AvgIpc) is 2.36. The first-order valence-electron chi connectivity index (χ1n) is 6.07. The van der Waals surface area contributed by atoms with Crippen LogP contribution in [0.25, 0.3) is 0 Å². The van der Waals surface area contributed by atoms with E-state index in [9.17, 15) is 9.50 Å². The van der Waals surface area contributed by atoms with Crippen LogP contribution in [0.4, 0.5) is 4.39 Å². The molecule has 0 saturated carbocycles. The second-order valence-corrected chi connectivity index (χ2v) is 5.94. The number of rotatable bonds is 2. The van der Waals surface area contributed by atoms with Crippen LogP contribution < -0.4 is 5.32 Å². The number of piperidine rings is 1. The largest absolute Gasteiger partial charge is 0.385 e. The predicted molar refractivity (Wildman–Crippen MR) is 74.3 cm³/mol. The van der Waals surface area contributed by atoms with Crippen molar-refractivity contribution in [1.82, 2.24) is 5.32 Å². The van der Waals surface area contributed by atoms with E-state index < -0.39 is 11.4 Å². The second-order valence-electron chi connectivity index (χ2n) is 4.71. The number of halogens is 3. The fourth-order valence-corrected chi connectivity index (χ4v) is 3.10. The van der Waals surface area contributed by atoms with Gasteiger partial charge in [0.1, 0.15) is 5.82 Å². The number of hydrogen-bond acceptors (Lipinski definition) is 2. The van der Waals surface area contributed by atoms with Gasteiger partial charge in [-0.15, -0.1) is 0 Å². The molecular formula is C13H16BrClFNO. The standard InChI is InChI=1S/C13H16BrClFNO/c1-2-8-7-17-6-5-13(8,18)9-3-4-10(14)11(15)12(9)16/h3-4,8,17-18H,2,5-7H2,1H3. The SMILES string of the molecule is CCC1CNCCC1(O)c1ccc(Br)c(Cl)c1F. The molecule has 2 N–H and O–H groups in total. The van der Waals surface area contributed by atoms with Crippen LogP contribution in [0.3, 0.4) is 0 Å². The Hall–Kier alpha value is -0.160. The second kappa shape index (κ2) is 5.45. The van der Waals surface area contributed by atoms with E-state index in [2.05, 4.69) is 21.2 Å². The lowest BCUT2D eigenvalue weighted by Gasteiger charge is -2.40. The Morgan fingerprint density at radius 3 is 3.00 bits per heavy atom. The van der Waals surface area contributed by atoms with E-state index in [1.807, 2.05) is 6.92 Å². The molecule has 0 bridgehead atoms. The fraction of sp³-hybridized carbons (Fsp3) is 0.538. The summed E-state index contributed by atoms with van der Waals surface area (Å²) < 4.78 is 14.8. The molecule has 1 aromatic carbocycles. The van der Waals surface area contributed by atoms with E-state index in [1.165, 1.54) is 0 Å². The highest BCUT2D eigenvalue weighted by Gasteiger charge is 2.41. The molecule has 2 unspecified atom stereocenters. The summed E-state index contributed by atoms with van der Waals surface area (Å²) in [6.07, 6.45) is 1.29. The maximum atomic E-state index is 14.3. The zero-order valence-electron chi connectivity index (χ0n) is 10.1. The summed E-state index contributed by atoms with van der Waals surface area (Å²) in [4.78, 5) is 0. The Bertz CT molecular complexity index is 457. The average molecular weight is 337 g/mol. The summed E-state index contributed by atoms with van der Waals surface area (Å²) in [6, 6.07) is 3.31. The van der Waals surface area contributed by atoms with Crippen LogP contribution in [0.1, 0.15) is 25.3 Å². The van der Waals surface area contributed by atoms with Crippen LogP contribution in [0.2, 0.25) is 5.02 Å². The van der Waals surface area contributed by atoms with Crippen molar-refractivity contribution in [1.29, 1.82) is 0 Å². The molecule has 2 atom stereocenters. The van der Waals surface area contributed by atoms with E-state index in [0.29, 0.717) is 29.5 Å². The minimum absolute atomic E-state index is 0.00186. The van der Waals surface area contributed by atoms with E-state index in [0.717, 1.165) is 6.42 Å². The zero-order valence-corrected chi connectivity index (χ0v) is 12.5. The smallest absolute Gasteiger partial charge is 0.149 e. The summed E-state index contributed by atoms with van der Waals surface area (Å²) in [6.45, 7) is 3.38. The molecule has 2 rings (SSSR count). The quantitative estimate of drug-likeness (QED) is 0.811. The van der Waals surface area contributed by atoms with E-state index >= 15 is 0 Å². The Morgan fingerprint density at radius 1 is 1.61 bits per heavy atom. The molecule has 1 saturated heterocycles. The van der Waals surface area contributed by atoms with Crippen molar-refractivity contribution in [2.75, 3.05) is 13.1 Å². The topological polar surface area (TPSA) is 32.3 Å². The molecule has 18 heavy (non-hydrogen) atoms. The van der Waals surface area contributed by atoms with Crippen LogP contribution in [-0.4, -0.2) is 18.2 Å². The molecule has 0 radical (unpaired) electrons. The third kappa shape index (κ3) is 2.31. The van der Waals surface area contributed by atoms with Gasteiger partial charge in [0.2, 0.25) is 0 Å². The van der Waals surface area contributed by atoms with E-state index in [4.69, 9.17) is 11.6 Å². The van der Waals surface area contributed by atoms with Crippen LogP contribution in [0.5, 0.6) is 0 Å². The highest BCUT2D eigenvalue weighted by molar-refractivity contribution is 9.10. The Morgan fingerprint density at radius 2 is 2.33 bits per heavy atom. The molecule has 1 aromatic rings. The summed E-state index contributed by atoms with van der Waals surface area (Å²) >= 11 is 9.09. The van der Waals surface area contributed by atoms with Crippen molar-refractivity contribution in [2.45, 2.75) is 25.4 Å². The van der Waals surface area contributed by atoms with Crippen LogP contribution in [0.15, 0.2) is 16.6 Å². The molecule has 5 heteroatoms. The highest BCUT2D eigenvalue weighted by Crippen LogP contribution is 2.41. The molecule has 100 valence electrons. The molecule has 0 amide bonds. The summed E-state index contributed by atoms with van der Waals surface area (Å²) in [5, 5.41) is 14.1. The fourth-order valence-electron chi connectivity index (χ4n) is 2.63. The Kier molecular flexibility index (Phi) is 4.32. The Balaban J connectivity index is 2.48. The van der Waals surface area contributed by atoms with Gasteiger partial charge >= 0.3 is 0 Å². The highest BCUT2D eigenvalue weighted by atomic mass is 79.9. The first-order chi connectivity index (χ1) is 8.50. The third-order valence-corrected chi connectivity index (χ3v) is 5.00. The summed E-state index contributed by atoms with van der Waals surface area (Å²) in [5.41, 5.74) is -0.821. The van der Waals surface area contributed by atoms with E-state index in [-0.39, 0.29) is 10.9 Å². The molecule has 1 heterocycles. The first-order valence-corrected chi connectivity index (χ1v) is 7.25. The van der Waals surface area contributed by atoms with Gasteiger partial charge < -0.3 is 10.4 Å². The van der Waals surface area contributed by atoms with Crippen molar-refractivity contribution in [3.05, 3.63) is 33.0 Å². The monoisotopic (exact) mass is 335 g/mol. The number of aliphatic hydroxyl groups is 1. The molecule has 0 spiro atoms. The molecular weight excluding hydrogens is 321 g/mol. The van der Waals surface area contributed by atoms with Crippen LogP contribution >= 0.6 is 27.5 Å². The lowest BCUT2D eigenvalue weighted by Crippen LogP contribution is -2.48. The number of nitrogens with one attached hydrogen (secondary N) is 1. The van der Waals surface area contributed by atoms with Gasteiger partial charge in [0.05, 0.1) is 10.6 Å². The molecule has 1 aliphatic heterocycles. The van der Waals surface area contributed by atoms with Gasteiger partial charge in [-0.1, -0.05) is 24.6 Å². The maximum Gasteiger partial charge on any atom is 0.149 e. The van der Waals surface area contributed by atoms with Gasteiger partial charge in [0.25, 0.3) is 0 Å². The van der Waals surface area contributed by atoms with Crippen LogP contribution in [0, 0.1) is 11.7 Å². The van der Waals surface area contributed by atoms with Crippen molar-refractivity contribution in [2.24, 2.45) is 5.92 Å². The summed E-state index contributed by atoms with van der Waals surface area (Å²) in [7, 11) is 0. The van der Waals surface area contributed by atoms with Crippen molar-refractivity contribution in [3.63, 3.8) is 0 Å². The van der Waals surface area contributed by atoms with Crippen molar-refractivity contribution >= 4 is 27.5 Å². The minimum Gasteiger partial charge on any atom is -0.385 e.